The Morgan fingerprint density at radius 2 is 0.714 bits per heavy atom. The van der Waals surface area contributed by atoms with Crippen molar-refractivity contribution >= 4 is 48.6 Å². The summed E-state index contributed by atoms with van der Waals surface area (Å²) < 4.78 is 2.55. The van der Waals surface area contributed by atoms with Gasteiger partial charge in [-0.05, 0) is 86.5 Å². The fourth-order valence-corrected chi connectivity index (χ4v) is 9.19. The number of rotatable bonds is 8. The highest BCUT2D eigenvalue weighted by atomic mass is 32.1. The Hall–Kier alpha value is -7.00. The summed E-state index contributed by atoms with van der Waals surface area (Å²) in [6.45, 7) is 0. The molecule has 0 saturated carbocycles. The number of benzene rings is 9. The number of anilines is 3. The van der Waals surface area contributed by atoms with Crippen LogP contribution >= 0.6 is 11.3 Å². The van der Waals surface area contributed by atoms with Gasteiger partial charge < -0.3 is 4.90 Å². The van der Waals surface area contributed by atoms with E-state index in [0.29, 0.717) is 0 Å². The molecule has 0 fully saturated rings. The number of thiophene rings is 1. The predicted octanol–water partition coefficient (Wildman–Crippen LogP) is 15.9. The molecule has 56 heavy (non-hydrogen) atoms. The molecule has 0 atom stereocenters. The maximum absolute atomic E-state index is 2.50. The molecular formula is C54H37NS. The highest BCUT2D eigenvalue weighted by Gasteiger charge is 2.24. The molecule has 10 rings (SSSR count). The van der Waals surface area contributed by atoms with Gasteiger partial charge in [0.05, 0.1) is 5.69 Å². The Morgan fingerprint density at radius 3 is 1.30 bits per heavy atom. The zero-order valence-corrected chi connectivity index (χ0v) is 31.5. The smallest absolute Gasteiger partial charge is 0.0633 e. The molecule has 0 aliphatic heterocycles. The molecular weight excluding hydrogens is 695 g/mol. The average Bonchev–Trinajstić information content (AvgIpc) is 3.67. The summed E-state index contributed by atoms with van der Waals surface area (Å²) in [6, 6.07) is 81.4. The number of nitrogens with zero attached hydrogens (tertiary/aromatic N) is 1. The fourth-order valence-electron chi connectivity index (χ4n) is 8.08. The van der Waals surface area contributed by atoms with E-state index in [1.807, 2.05) is 11.3 Å². The number of fused-ring (bicyclic) bond motifs is 3. The zero-order chi connectivity index (χ0) is 37.3. The first-order chi connectivity index (χ1) is 27.8. The van der Waals surface area contributed by atoms with Gasteiger partial charge in [-0.25, -0.2) is 0 Å². The molecule has 264 valence electrons. The molecule has 0 amide bonds. The minimum Gasteiger partial charge on any atom is -0.309 e. The van der Waals surface area contributed by atoms with Crippen molar-refractivity contribution in [1.82, 2.24) is 0 Å². The van der Waals surface area contributed by atoms with Crippen molar-refractivity contribution < 1.29 is 0 Å². The fraction of sp³-hybridized carbons (Fsp3) is 0. The van der Waals surface area contributed by atoms with Crippen LogP contribution in [0.3, 0.4) is 0 Å². The molecule has 2 heteroatoms. The lowest BCUT2D eigenvalue weighted by Crippen LogP contribution is -2.12. The van der Waals surface area contributed by atoms with Crippen molar-refractivity contribution in [1.29, 1.82) is 0 Å². The van der Waals surface area contributed by atoms with Gasteiger partial charge in [-0.2, -0.15) is 0 Å². The lowest BCUT2D eigenvalue weighted by Gasteiger charge is -2.30. The van der Waals surface area contributed by atoms with E-state index in [1.54, 1.807) is 0 Å². The molecule has 1 heterocycles. The molecule has 0 saturated heterocycles. The van der Waals surface area contributed by atoms with Crippen LogP contribution in [0.5, 0.6) is 0 Å². The Bertz CT molecular complexity index is 2930. The van der Waals surface area contributed by atoms with Gasteiger partial charge in [0.25, 0.3) is 0 Å². The van der Waals surface area contributed by atoms with Crippen molar-refractivity contribution in [3.63, 3.8) is 0 Å². The van der Waals surface area contributed by atoms with E-state index in [9.17, 15) is 0 Å². The topological polar surface area (TPSA) is 3.24 Å². The largest absolute Gasteiger partial charge is 0.309 e. The second kappa shape index (κ2) is 14.7. The Morgan fingerprint density at radius 1 is 0.286 bits per heavy atom. The maximum Gasteiger partial charge on any atom is 0.0633 e. The van der Waals surface area contributed by atoms with E-state index in [2.05, 4.69) is 229 Å². The number of hydrogen-bond acceptors (Lipinski definition) is 2. The quantitative estimate of drug-likeness (QED) is 0.150. The van der Waals surface area contributed by atoms with E-state index in [1.165, 1.54) is 81.5 Å². The van der Waals surface area contributed by atoms with Gasteiger partial charge in [-0.1, -0.05) is 188 Å². The molecule has 1 aromatic heterocycles. The Balaban J connectivity index is 1.25. The summed E-state index contributed by atoms with van der Waals surface area (Å²) in [7, 11) is 0. The van der Waals surface area contributed by atoms with Crippen LogP contribution < -0.4 is 4.90 Å². The summed E-state index contributed by atoms with van der Waals surface area (Å²) in [5.41, 5.74) is 15.3. The molecule has 0 bridgehead atoms. The van der Waals surface area contributed by atoms with Crippen molar-refractivity contribution in [2.24, 2.45) is 0 Å². The molecule has 0 unspecified atom stereocenters. The molecule has 0 aliphatic rings. The highest BCUT2D eigenvalue weighted by molar-refractivity contribution is 7.26. The average molecular weight is 732 g/mol. The van der Waals surface area contributed by atoms with Gasteiger partial charge >= 0.3 is 0 Å². The van der Waals surface area contributed by atoms with Crippen LogP contribution in [0.15, 0.2) is 224 Å². The normalized spacial score (nSPS) is 11.2. The third kappa shape index (κ3) is 6.17. The first-order valence-corrected chi connectivity index (χ1v) is 19.9. The SMILES string of the molecule is c1ccc(-c2ccccc2-c2ccc(N(c3ccc(-c4ccccc4)c(-c4ccccc4)c3)c3c(-c4ccccc4)ccc4sc5ccccc5c34)cc2)cc1. The van der Waals surface area contributed by atoms with Crippen LogP contribution in [0.4, 0.5) is 17.1 Å². The summed E-state index contributed by atoms with van der Waals surface area (Å²) in [5, 5.41) is 2.53. The molecule has 0 radical (unpaired) electrons. The van der Waals surface area contributed by atoms with Crippen LogP contribution in [-0.4, -0.2) is 0 Å². The van der Waals surface area contributed by atoms with Crippen molar-refractivity contribution in [3.05, 3.63) is 224 Å². The van der Waals surface area contributed by atoms with Gasteiger partial charge in [-0.15, -0.1) is 11.3 Å². The van der Waals surface area contributed by atoms with Gasteiger partial charge in [0.15, 0.2) is 0 Å². The second-order valence-electron chi connectivity index (χ2n) is 14.1. The van der Waals surface area contributed by atoms with E-state index in [0.717, 1.165) is 11.4 Å². The molecule has 0 spiro atoms. The monoisotopic (exact) mass is 731 g/mol. The lowest BCUT2D eigenvalue weighted by atomic mass is 9.92. The predicted molar refractivity (Wildman–Crippen MR) is 241 cm³/mol. The van der Waals surface area contributed by atoms with E-state index < -0.39 is 0 Å². The van der Waals surface area contributed by atoms with Gasteiger partial charge in [0.1, 0.15) is 0 Å². The first-order valence-electron chi connectivity index (χ1n) is 19.1. The van der Waals surface area contributed by atoms with Crippen LogP contribution in [0, 0.1) is 0 Å². The van der Waals surface area contributed by atoms with Crippen LogP contribution in [0.25, 0.3) is 75.8 Å². The van der Waals surface area contributed by atoms with Gasteiger partial charge in [0, 0.05) is 37.1 Å². The van der Waals surface area contributed by atoms with Crippen molar-refractivity contribution in [2.75, 3.05) is 4.90 Å². The summed E-state index contributed by atoms with van der Waals surface area (Å²) >= 11 is 1.86. The standard InChI is InChI=1S/C54H37NS/c1-5-17-38(18-6-1)45-25-13-14-26-46(45)42-29-31-43(32-30-42)55(44-33-34-47(39-19-7-2-8-20-39)50(37-44)41-23-11-4-12-24-41)54-48(40-21-9-3-10-22-40)35-36-52-53(54)49-27-15-16-28-51(49)56-52/h1-37H. The van der Waals surface area contributed by atoms with Gasteiger partial charge in [-0.3, -0.25) is 0 Å². The second-order valence-corrected chi connectivity index (χ2v) is 15.1. The Labute approximate surface area is 332 Å². The lowest BCUT2D eigenvalue weighted by molar-refractivity contribution is 1.30. The molecule has 0 aliphatic carbocycles. The third-order valence-corrected chi connectivity index (χ3v) is 11.8. The van der Waals surface area contributed by atoms with E-state index in [-0.39, 0.29) is 0 Å². The van der Waals surface area contributed by atoms with Gasteiger partial charge in [0.2, 0.25) is 0 Å². The molecule has 0 N–H and O–H groups in total. The van der Waals surface area contributed by atoms with Crippen LogP contribution in [0.2, 0.25) is 0 Å². The minimum atomic E-state index is 1.09. The highest BCUT2D eigenvalue weighted by Crippen LogP contribution is 2.51. The van der Waals surface area contributed by atoms with Crippen molar-refractivity contribution in [3.8, 4) is 55.6 Å². The first kappa shape index (κ1) is 33.6. The summed E-state index contributed by atoms with van der Waals surface area (Å²) in [5.74, 6) is 0. The Kier molecular flexibility index (Phi) is 8.79. The van der Waals surface area contributed by atoms with E-state index in [4.69, 9.17) is 0 Å². The molecule has 1 nitrogen and oxygen atoms in total. The molecule has 9 aromatic carbocycles. The van der Waals surface area contributed by atoms with E-state index >= 15 is 0 Å². The van der Waals surface area contributed by atoms with Crippen molar-refractivity contribution in [2.45, 2.75) is 0 Å². The number of hydrogen-bond donors (Lipinski definition) is 0. The minimum absolute atomic E-state index is 1.09. The molecule has 10 aromatic rings. The van der Waals surface area contributed by atoms with Crippen LogP contribution in [0.1, 0.15) is 0 Å². The summed E-state index contributed by atoms with van der Waals surface area (Å²) in [4.78, 5) is 2.50. The maximum atomic E-state index is 2.50. The van der Waals surface area contributed by atoms with Crippen LogP contribution in [-0.2, 0) is 0 Å². The third-order valence-electron chi connectivity index (χ3n) is 10.7. The zero-order valence-electron chi connectivity index (χ0n) is 30.7. The summed E-state index contributed by atoms with van der Waals surface area (Å²) in [6.07, 6.45) is 0.